The lowest BCUT2D eigenvalue weighted by atomic mass is 10.3. The van der Waals surface area contributed by atoms with Gasteiger partial charge in [-0.1, -0.05) is 24.3 Å². The number of thioether (sulfide) groups is 1. The first-order valence-electron chi connectivity index (χ1n) is 4.30. The normalized spacial score (nSPS) is 9.54. The second-order valence-electron chi connectivity index (χ2n) is 2.53. The molecule has 1 aromatic rings. The van der Waals surface area contributed by atoms with Crippen molar-refractivity contribution in [2.75, 3.05) is 18.1 Å². The number of ether oxygens (including phenoxy) is 1. The van der Waals surface area contributed by atoms with Crippen molar-refractivity contribution in [3.05, 3.63) is 43.0 Å². The smallest absolute Gasteiger partial charge is 0.119 e. The maximum atomic E-state index is 5.50. The topological polar surface area (TPSA) is 9.23 Å². The zero-order chi connectivity index (χ0) is 9.36. The van der Waals surface area contributed by atoms with Gasteiger partial charge in [-0.3, -0.25) is 0 Å². The summed E-state index contributed by atoms with van der Waals surface area (Å²) in [5.41, 5.74) is 0. The summed E-state index contributed by atoms with van der Waals surface area (Å²) in [6, 6.07) is 9.88. The van der Waals surface area contributed by atoms with Gasteiger partial charge in [0.25, 0.3) is 0 Å². The summed E-state index contributed by atoms with van der Waals surface area (Å²) in [6.45, 7) is 4.42. The Kier molecular flexibility index (Phi) is 5.18. The average Bonchev–Trinajstić information content (AvgIpc) is 2.19. The molecule has 1 rings (SSSR count). The van der Waals surface area contributed by atoms with Crippen molar-refractivity contribution in [1.29, 1.82) is 0 Å². The third-order valence-corrected chi connectivity index (χ3v) is 2.40. The lowest BCUT2D eigenvalue weighted by Crippen LogP contribution is -1.99. The summed E-state index contributed by atoms with van der Waals surface area (Å²) >= 11 is 1.83. The van der Waals surface area contributed by atoms with Crippen molar-refractivity contribution >= 4 is 11.8 Å². The summed E-state index contributed by atoms with van der Waals surface area (Å²) in [7, 11) is 0. The van der Waals surface area contributed by atoms with E-state index in [4.69, 9.17) is 4.74 Å². The minimum Gasteiger partial charge on any atom is -0.493 e. The second-order valence-corrected chi connectivity index (χ2v) is 3.67. The molecule has 13 heavy (non-hydrogen) atoms. The van der Waals surface area contributed by atoms with Crippen molar-refractivity contribution in [3.63, 3.8) is 0 Å². The van der Waals surface area contributed by atoms with Crippen LogP contribution in [0.15, 0.2) is 43.0 Å². The highest BCUT2D eigenvalue weighted by atomic mass is 32.2. The largest absolute Gasteiger partial charge is 0.493 e. The fourth-order valence-corrected chi connectivity index (χ4v) is 1.44. The highest BCUT2D eigenvalue weighted by Gasteiger charge is 1.90. The number of benzene rings is 1. The first kappa shape index (κ1) is 10.2. The van der Waals surface area contributed by atoms with E-state index in [-0.39, 0.29) is 0 Å². The quantitative estimate of drug-likeness (QED) is 0.508. The summed E-state index contributed by atoms with van der Waals surface area (Å²) in [5.74, 6) is 2.96. The van der Waals surface area contributed by atoms with Crippen LogP contribution in [0.4, 0.5) is 0 Å². The van der Waals surface area contributed by atoms with Crippen LogP contribution in [0.25, 0.3) is 0 Å². The summed E-state index contributed by atoms with van der Waals surface area (Å²) < 4.78 is 5.50. The molecule has 0 amide bonds. The molecule has 1 aromatic carbocycles. The molecule has 0 atom stereocenters. The Hall–Kier alpha value is -0.890. The minimum atomic E-state index is 0.766. The van der Waals surface area contributed by atoms with Gasteiger partial charge in [-0.15, -0.1) is 6.58 Å². The van der Waals surface area contributed by atoms with E-state index < -0.39 is 0 Å². The van der Waals surface area contributed by atoms with Crippen LogP contribution in [0.3, 0.4) is 0 Å². The van der Waals surface area contributed by atoms with E-state index in [0.29, 0.717) is 0 Å². The Labute approximate surface area is 83.8 Å². The fourth-order valence-electron chi connectivity index (χ4n) is 0.902. The van der Waals surface area contributed by atoms with Gasteiger partial charge in [0.1, 0.15) is 5.75 Å². The molecule has 0 aliphatic rings. The van der Waals surface area contributed by atoms with Gasteiger partial charge in [0, 0.05) is 11.5 Å². The molecule has 0 unspecified atom stereocenters. The minimum absolute atomic E-state index is 0.766. The van der Waals surface area contributed by atoms with Crippen molar-refractivity contribution in [2.45, 2.75) is 0 Å². The standard InChI is InChI=1S/C11H14OS/c1-2-9-13-10-8-12-11-6-4-3-5-7-11/h2-7H,1,8-10H2. The lowest BCUT2D eigenvalue weighted by molar-refractivity contribution is 0.344. The molecule has 0 radical (unpaired) electrons. The summed E-state index contributed by atoms with van der Waals surface area (Å²) in [6.07, 6.45) is 1.91. The lowest BCUT2D eigenvalue weighted by Gasteiger charge is -2.04. The van der Waals surface area contributed by atoms with Crippen LogP contribution in [-0.4, -0.2) is 18.1 Å². The molecule has 0 aromatic heterocycles. The van der Waals surface area contributed by atoms with Crippen LogP contribution in [0.5, 0.6) is 5.75 Å². The van der Waals surface area contributed by atoms with E-state index >= 15 is 0 Å². The predicted molar refractivity (Wildman–Crippen MR) is 59.5 cm³/mol. The fraction of sp³-hybridized carbons (Fsp3) is 0.273. The van der Waals surface area contributed by atoms with Crippen LogP contribution in [0.2, 0.25) is 0 Å². The van der Waals surface area contributed by atoms with Crippen molar-refractivity contribution in [2.24, 2.45) is 0 Å². The Balaban J connectivity index is 2.10. The van der Waals surface area contributed by atoms with E-state index in [2.05, 4.69) is 6.58 Å². The number of hydrogen-bond acceptors (Lipinski definition) is 2. The first-order valence-corrected chi connectivity index (χ1v) is 5.45. The molecule has 0 heterocycles. The van der Waals surface area contributed by atoms with Gasteiger partial charge >= 0.3 is 0 Å². The molecule has 70 valence electrons. The number of para-hydroxylation sites is 1. The predicted octanol–water partition coefficient (Wildman–Crippen LogP) is 2.98. The maximum absolute atomic E-state index is 5.50. The molecule has 0 bridgehead atoms. The van der Waals surface area contributed by atoms with E-state index in [1.165, 1.54) is 0 Å². The number of rotatable bonds is 6. The molecule has 0 fully saturated rings. The van der Waals surface area contributed by atoms with Crippen molar-refractivity contribution in [1.82, 2.24) is 0 Å². The van der Waals surface area contributed by atoms with Gasteiger partial charge in [-0.2, -0.15) is 11.8 Å². The Morgan fingerprint density at radius 2 is 2.08 bits per heavy atom. The van der Waals surface area contributed by atoms with Crippen molar-refractivity contribution < 1.29 is 4.74 Å². The van der Waals surface area contributed by atoms with Crippen LogP contribution in [0.1, 0.15) is 0 Å². The molecule has 1 nitrogen and oxygen atoms in total. The number of hydrogen-bond donors (Lipinski definition) is 0. The Morgan fingerprint density at radius 1 is 1.31 bits per heavy atom. The SMILES string of the molecule is C=CCSCCOc1ccccc1. The van der Waals surface area contributed by atoms with Gasteiger partial charge in [-0.05, 0) is 12.1 Å². The van der Waals surface area contributed by atoms with Crippen LogP contribution in [0, 0.1) is 0 Å². The van der Waals surface area contributed by atoms with Gasteiger partial charge in [0.15, 0.2) is 0 Å². The van der Waals surface area contributed by atoms with Crippen LogP contribution < -0.4 is 4.74 Å². The molecular formula is C11H14OS. The van der Waals surface area contributed by atoms with Crippen molar-refractivity contribution in [3.8, 4) is 5.75 Å². The summed E-state index contributed by atoms with van der Waals surface area (Å²) in [4.78, 5) is 0. The molecule has 0 spiro atoms. The third-order valence-electron chi connectivity index (χ3n) is 1.48. The average molecular weight is 194 g/mol. The summed E-state index contributed by atoms with van der Waals surface area (Å²) in [5, 5.41) is 0. The van der Waals surface area contributed by atoms with Crippen LogP contribution >= 0.6 is 11.8 Å². The molecular weight excluding hydrogens is 180 g/mol. The molecule has 2 heteroatoms. The third kappa shape index (κ3) is 4.63. The molecule has 0 N–H and O–H groups in total. The molecule has 0 aliphatic carbocycles. The molecule has 0 saturated heterocycles. The zero-order valence-corrected chi connectivity index (χ0v) is 8.43. The highest BCUT2D eigenvalue weighted by Crippen LogP contribution is 2.09. The van der Waals surface area contributed by atoms with E-state index in [0.717, 1.165) is 23.9 Å². The first-order chi connectivity index (χ1) is 6.43. The van der Waals surface area contributed by atoms with E-state index in [9.17, 15) is 0 Å². The van der Waals surface area contributed by atoms with Crippen LogP contribution in [-0.2, 0) is 0 Å². The van der Waals surface area contributed by atoms with E-state index in [1.807, 2.05) is 48.2 Å². The maximum Gasteiger partial charge on any atom is 0.119 e. The highest BCUT2D eigenvalue weighted by molar-refractivity contribution is 7.99. The van der Waals surface area contributed by atoms with Gasteiger partial charge in [0.2, 0.25) is 0 Å². The molecule has 0 aliphatic heterocycles. The Morgan fingerprint density at radius 3 is 2.77 bits per heavy atom. The van der Waals surface area contributed by atoms with Gasteiger partial charge < -0.3 is 4.74 Å². The van der Waals surface area contributed by atoms with Gasteiger partial charge in [0.05, 0.1) is 6.61 Å². The molecule has 0 saturated carbocycles. The Bertz CT molecular complexity index is 233. The monoisotopic (exact) mass is 194 g/mol. The van der Waals surface area contributed by atoms with E-state index in [1.54, 1.807) is 0 Å². The van der Waals surface area contributed by atoms with Gasteiger partial charge in [-0.25, -0.2) is 0 Å². The second kappa shape index (κ2) is 6.61. The zero-order valence-electron chi connectivity index (χ0n) is 7.61.